The summed E-state index contributed by atoms with van der Waals surface area (Å²) in [7, 11) is 1.62. The number of hydrogen-bond acceptors (Lipinski definition) is 2. The first-order chi connectivity index (χ1) is 13.3. The summed E-state index contributed by atoms with van der Waals surface area (Å²) in [5.74, 6) is 0.708. The first-order valence-corrected chi connectivity index (χ1v) is 9.49. The Kier molecular flexibility index (Phi) is 5.84. The third-order valence-corrected chi connectivity index (χ3v) is 4.71. The number of carbonyl (C=O) groups excluding carboxylic acids is 1. The minimum atomic E-state index is -0.0474. The molecule has 28 heavy (non-hydrogen) atoms. The zero-order valence-corrected chi connectivity index (χ0v) is 17.0. The molecule has 1 amide bonds. The molecule has 3 heteroatoms. The summed E-state index contributed by atoms with van der Waals surface area (Å²) in [6.07, 6.45) is 0.306. The molecule has 144 valence electrons. The van der Waals surface area contributed by atoms with Crippen LogP contribution >= 0.6 is 0 Å². The van der Waals surface area contributed by atoms with Crippen molar-refractivity contribution in [3.63, 3.8) is 0 Å². The Hall–Kier alpha value is -3.07. The number of anilines is 1. The third kappa shape index (κ3) is 5.01. The molecule has 0 aliphatic heterocycles. The number of rotatable bonds is 5. The van der Waals surface area contributed by atoms with Crippen molar-refractivity contribution in [1.82, 2.24) is 0 Å². The van der Waals surface area contributed by atoms with Gasteiger partial charge in [0.05, 0.1) is 13.5 Å². The average Bonchev–Trinajstić information content (AvgIpc) is 2.67. The fourth-order valence-corrected chi connectivity index (χ4v) is 3.11. The lowest BCUT2D eigenvalue weighted by Gasteiger charge is -2.20. The van der Waals surface area contributed by atoms with Crippen molar-refractivity contribution in [3.8, 4) is 16.9 Å². The van der Waals surface area contributed by atoms with E-state index < -0.39 is 0 Å². The molecule has 0 saturated carbocycles. The molecular weight excluding hydrogens is 346 g/mol. The maximum Gasteiger partial charge on any atom is 0.228 e. The molecule has 0 saturated heterocycles. The lowest BCUT2D eigenvalue weighted by atomic mass is 9.85. The zero-order chi connectivity index (χ0) is 20.1. The highest BCUT2D eigenvalue weighted by Crippen LogP contribution is 2.28. The Bertz CT molecular complexity index is 970. The van der Waals surface area contributed by atoms with Crippen molar-refractivity contribution in [3.05, 3.63) is 83.9 Å². The molecule has 3 nitrogen and oxygen atoms in total. The summed E-state index contributed by atoms with van der Waals surface area (Å²) >= 11 is 0. The Morgan fingerprint density at radius 1 is 0.893 bits per heavy atom. The molecular formula is C25H27NO2. The van der Waals surface area contributed by atoms with Crippen molar-refractivity contribution in [2.24, 2.45) is 0 Å². The monoisotopic (exact) mass is 373 g/mol. The van der Waals surface area contributed by atoms with Crippen LogP contribution in [0.5, 0.6) is 5.75 Å². The molecule has 0 unspecified atom stereocenters. The molecule has 0 fully saturated rings. The average molecular weight is 373 g/mol. The molecule has 1 N–H and O–H groups in total. The number of methoxy groups -OCH3 is 1. The highest BCUT2D eigenvalue weighted by molar-refractivity contribution is 5.93. The number of nitrogens with one attached hydrogen (secondary N) is 1. The molecule has 3 rings (SSSR count). The third-order valence-electron chi connectivity index (χ3n) is 4.71. The second-order valence-electron chi connectivity index (χ2n) is 7.99. The van der Waals surface area contributed by atoms with Crippen molar-refractivity contribution < 1.29 is 9.53 Å². The highest BCUT2D eigenvalue weighted by atomic mass is 16.5. The van der Waals surface area contributed by atoms with Crippen molar-refractivity contribution in [1.29, 1.82) is 0 Å². The molecule has 0 atom stereocenters. The van der Waals surface area contributed by atoms with Crippen LogP contribution in [0.25, 0.3) is 11.1 Å². The zero-order valence-electron chi connectivity index (χ0n) is 17.0. The summed E-state index contributed by atoms with van der Waals surface area (Å²) in [4.78, 5) is 12.5. The number of hydrogen-bond donors (Lipinski definition) is 1. The van der Waals surface area contributed by atoms with Gasteiger partial charge in [0.1, 0.15) is 5.75 Å². The summed E-state index contributed by atoms with van der Waals surface area (Å²) in [5, 5.41) is 3.00. The van der Waals surface area contributed by atoms with E-state index >= 15 is 0 Å². The van der Waals surface area contributed by atoms with Gasteiger partial charge in [0.2, 0.25) is 5.91 Å². The van der Waals surface area contributed by atoms with Crippen LogP contribution in [0.2, 0.25) is 0 Å². The van der Waals surface area contributed by atoms with Gasteiger partial charge in [-0.15, -0.1) is 0 Å². The number of amides is 1. The van der Waals surface area contributed by atoms with E-state index in [0.717, 1.165) is 28.1 Å². The molecule has 0 aliphatic rings. The molecule has 3 aromatic carbocycles. The molecule has 0 bridgehead atoms. The van der Waals surface area contributed by atoms with Gasteiger partial charge in [-0.1, -0.05) is 69.3 Å². The molecule has 0 radical (unpaired) electrons. The van der Waals surface area contributed by atoms with Gasteiger partial charge in [-0.05, 0) is 51.9 Å². The predicted octanol–water partition coefficient (Wildman–Crippen LogP) is 5.84. The van der Waals surface area contributed by atoms with Gasteiger partial charge in [-0.3, -0.25) is 4.79 Å². The summed E-state index contributed by atoms with van der Waals surface area (Å²) < 4.78 is 5.22. The van der Waals surface area contributed by atoms with E-state index in [1.54, 1.807) is 7.11 Å². The van der Waals surface area contributed by atoms with Crippen LogP contribution in [-0.2, 0) is 16.6 Å². The Labute approximate surface area is 167 Å². The second-order valence-corrected chi connectivity index (χ2v) is 7.99. The predicted molar refractivity (Wildman–Crippen MR) is 116 cm³/mol. The van der Waals surface area contributed by atoms with Gasteiger partial charge in [0, 0.05) is 5.69 Å². The SMILES string of the molecule is COc1cccc(CC(=O)Nc2cccc(-c3cccc(C(C)(C)C)c3)c2)c1. The van der Waals surface area contributed by atoms with Gasteiger partial charge >= 0.3 is 0 Å². The van der Waals surface area contributed by atoms with Gasteiger partial charge in [0.15, 0.2) is 0 Å². The fraction of sp³-hybridized carbons (Fsp3) is 0.240. The summed E-state index contributed by atoms with van der Waals surface area (Å²) in [6.45, 7) is 6.63. The Balaban J connectivity index is 1.75. The van der Waals surface area contributed by atoms with Crippen LogP contribution in [0.1, 0.15) is 31.9 Å². The lowest BCUT2D eigenvalue weighted by molar-refractivity contribution is -0.115. The number of benzene rings is 3. The van der Waals surface area contributed by atoms with Gasteiger partial charge in [0.25, 0.3) is 0 Å². The maximum absolute atomic E-state index is 12.5. The van der Waals surface area contributed by atoms with Gasteiger partial charge < -0.3 is 10.1 Å². The summed E-state index contributed by atoms with van der Waals surface area (Å²) in [5.41, 5.74) is 5.34. The first-order valence-electron chi connectivity index (χ1n) is 9.49. The molecule has 0 aliphatic carbocycles. The minimum absolute atomic E-state index is 0.0474. The van der Waals surface area contributed by atoms with Gasteiger partial charge in [-0.2, -0.15) is 0 Å². The van der Waals surface area contributed by atoms with E-state index in [4.69, 9.17) is 4.74 Å². The standard InChI is InChI=1S/C25H27NO2/c1-25(2,3)21-11-6-9-19(16-21)20-10-7-12-22(17-20)26-24(27)15-18-8-5-13-23(14-18)28-4/h5-14,16-17H,15H2,1-4H3,(H,26,27). The van der Waals surface area contributed by atoms with Crippen molar-refractivity contribution in [2.75, 3.05) is 12.4 Å². The van der Waals surface area contributed by atoms with E-state index in [0.29, 0.717) is 6.42 Å². The maximum atomic E-state index is 12.5. The lowest BCUT2D eigenvalue weighted by Crippen LogP contribution is -2.14. The topological polar surface area (TPSA) is 38.3 Å². The van der Waals surface area contributed by atoms with Crippen LogP contribution < -0.4 is 10.1 Å². The summed E-state index contributed by atoms with van der Waals surface area (Å²) in [6, 6.07) is 24.1. The van der Waals surface area contributed by atoms with Crippen LogP contribution in [0.15, 0.2) is 72.8 Å². The highest BCUT2D eigenvalue weighted by Gasteiger charge is 2.14. The molecule has 3 aromatic rings. The molecule has 0 spiro atoms. The van der Waals surface area contributed by atoms with E-state index in [2.05, 4.69) is 56.4 Å². The number of ether oxygens (including phenoxy) is 1. The van der Waals surface area contributed by atoms with Crippen LogP contribution in [0.3, 0.4) is 0 Å². The fourth-order valence-electron chi connectivity index (χ4n) is 3.11. The van der Waals surface area contributed by atoms with E-state index in [9.17, 15) is 4.79 Å². The van der Waals surface area contributed by atoms with E-state index in [1.165, 1.54) is 5.56 Å². The van der Waals surface area contributed by atoms with Crippen molar-refractivity contribution >= 4 is 11.6 Å². The van der Waals surface area contributed by atoms with E-state index in [1.807, 2.05) is 42.5 Å². The van der Waals surface area contributed by atoms with Crippen molar-refractivity contribution in [2.45, 2.75) is 32.6 Å². The Morgan fingerprint density at radius 3 is 2.29 bits per heavy atom. The molecule has 0 aromatic heterocycles. The second kappa shape index (κ2) is 8.30. The van der Waals surface area contributed by atoms with E-state index in [-0.39, 0.29) is 11.3 Å². The molecule has 0 heterocycles. The van der Waals surface area contributed by atoms with Crippen LogP contribution in [-0.4, -0.2) is 13.0 Å². The Morgan fingerprint density at radius 2 is 1.57 bits per heavy atom. The largest absolute Gasteiger partial charge is 0.497 e. The normalized spacial score (nSPS) is 11.1. The van der Waals surface area contributed by atoms with Crippen LogP contribution in [0, 0.1) is 0 Å². The smallest absolute Gasteiger partial charge is 0.228 e. The first kappa shape index (κ1) is 19.7. The van der Waals surface area contributed by atoms with Crippen LogP contribution in [0.4, 0.5) is 5.69 Å². The quantitative estimate of drug-likeness (QED) is 0.610. The van der Waals surface area contributed by atoms with Gasteiger partial charge in [-0.25, -0.2) is 0 Å². The minimum Gasteiger partial charge on any atom is -0.497 e. The number of carbonyl (C=O) groups is 1.